The molecule has 3 rings (SSSR count). The number of hydrogen-bond donors (Lipinski definition) is 1. The van der Waals surface area contributed by atoms with Gasteiger partial charge in [0.15, 0.2) is 0 Å². The van der Waals surface area contributed by atoms with Crippen LogP contribution in [0.1, 0.15) is 30.6 Å². The van der Waals surface area contributed by atoms with Gasteiger partial charge in [-0.3, -0.25) is 4.79 Å². The van der Waals surface area contributed by atoms with E-state index in [-0.39, 0.29) is 5.41 Å². The molecule has 0 bridgehead atoms. The van der Waals surface area contributed by atoms with Crippen molar-refractivity contribution in [3.8, 4) is 0 Å². The predicted octanol–water partition coefficient (Wildman–Crippen LogP) is 2.66. The number of ether oxygens (including phenoxy) is 1. The van der Waals surface area contributed by atoms with Crippen LogP contribution >= 0.6 is 11.3 Å². The molecule has 2 fully saturated rings. The largest absolute Gasteiger partial charge is 0.481 e. The lowest BCUT2D eigenvalue weighted by atomic mass is 9.49. The Balaban J connectivity index is 1.84. The number of hydrogen-bond acceptors (Lipinski definition) is 3. The molecule has 2 aliphatic rings. The van der Waals surface area contributed by atoms with Crippen molar-refractivity contribution in [2.45, 2.75) is 31.1 Å². The molecule has 1 saturated carbocycles. The Labute approximate surface area is 104 Å². The summed E-state index contributed by atoms with van der Waals surface area (Å²) >= 11 is 1.57. The molecule has 1 aromatic rings. The van der Waals surface area contributed by atoms with Crippen LogP contribution in [-0.2, 0) is 14.9 Å². The second-order valence-electron chi connectivity index (χ2n) is 5.33. The van der Waals surface area contributed by atoms with E-state index in [1.807, 2.05) is 17.5 Å². The summed E-state index contributed by atoms with van der Waals surface area (Å²) in [6, 6.07) is 3.91. The van der Waals surface area contributed by atoms with Crippen LogP contribution in [0.4, 0.5) is 0 Å². The van der Waals surface area contributed by atoms with Gasteiger partial charge in [-0.15, -0.1) is 11.3 Å². The van der Waals surface area contributed by atoms with Crippen molar-refractivity contribution in [1.82, 2.24) is 0 Å². The fourth-order valence-corrected chi connectivity index (χ4v) is 4.29. The van der Waals surface area contributed by atoms with Gasteiger partial charge in [0.05, 0.1) is 0 Å². The summed E-state index contributed by atoms with van der Waals surface area (Å²) in [6.45, 7) is 1.58. The average molecular weight is 252 g/mol. The van der Waals surface area contributed by atoms with Crippen LogP contribution < -0.4 is 0 Å². The zero-order valence-electron chi connectivity index (χ0n) is 9.65. The van der Waals surface area contributed by atoms with Gasteiger partial charge >= 0.3 is 5.97 Å². The van der Waals surface area contributed by atoms with Gasteiger partial charge in [0.25, 0.3) is 0 Å². The Morgan fingerprint density at radius 3 is 2.59 bits per heavy atom. The number of rotatable bonds is 2. The van der Waals surface area contributed by atoms with E-state index in [9.17, 15) is 9.90 Å². The number of carboxylic acid groups (broad SMARTS) is 1. The van der Waals surface area contributed by atoms with Crippen LogP contribution in [0.25, 0.3) is 0 Å². The van der Waals surface area contributed by atoms with Crippen molar-refractivity contribution in [1.29, 1.82) is 0 Å². The van der Waals surface area contributed by atoms with Crippen LogP contribution in [0, 0.1) is 5.41 Å². The summed E-state index contributed by atoms with van der Waals surface area (Å²) in [4.78, 5) is 12.6. The van der Waals surface area contributed by atoms with Crippen molar-refractivity contribution in [2.75, 3.05) is 13.2 Å². The summed E-state index contributed by atoms with van der Waals surface area (Å²) < 4.78 is 5.38. The molecule has 4 heteroatoms. The third-order valence-electron chi connectivity index (χ3n) is 4.31. The molecule has 92 valence electrons. The van der Waals surface area contributed by atoms with Gasteiger partial charge < -0.3 is 9.84 Å². The first-order chi connectivity index (χ1) is 8.17. The van der Waals surface area contributed by atoms with Gasteiger partial charge in [-0.25, -0.2) is 0 Å². The fraction of sp³-hybridized carbons (Fsp3) is 0.615. The third kappa shape index (κ3) is 1.62. The lowest BCUT2D eigenvalue weighted by Gasteiger charge is -2.55. The zero-order chi connectivity index (χ0) is 11.9. The van der Waals surface area contributed by atoms with E-state index in [2.05, 4.69) is 0 Å². The predicted molar refractivity (Wildman–Crippen MR) is 65.4 cm³/mol. The Morgan fingerprint density at radius 1 is 1.35 bits per heavy atom. The minimum atomic E-state index is -0.655. The molecule has 3 nitrogen and oxygen atoms in total. The SMILES string of the molecule is O=C(O)C1(c2cccs2)CC2(CCOCC2)C1. The fourth-order valence-electron chi connectivity index (χ4n) is 3.37. The summed E-state index contributed by atoms with van der Waals surface area (Å²) in [5, 5.41) is 11.5. The Hall–Kier alpha value is -0.870. The lowest BCUT2D eigenvalue weighted by Crippen LogP contribution is -2.55. The highest BCUT2D eigenvalue weighted by Crippen LogP contribution is 2.61. The second kappa shape index (κ2) is 3.82. The number of carbonyl (C=O) groups is 1. The highest BCUT2D eigenvalue weighted by atomic mass is 32.1. The summed E-state index contributed by atoms with van der Waals surface area (Å²) in [7, 11) is 0. The molecule has 0 aromatic carbocycles. The van der Waals surface area contributed by atoms with Crippen LogP contribution in [0.2, 0.25) is 0 Å². The smallest absolute Gasteiger partial charge is 0.315 e. The molecule has 1 aliphatic carbocycles. The molecule has 0 amide bonds. The van der Waals surface area contributed by atoms with Crippen molar-refractivity contribution >= 4 is 17.3 Å². The van der Waals surface area contributed by atoms with E-state index >= 15 is 0 Å². The molecule has 1 aliphatic heterocycles. The first-order valence-corrected chi connectivity index (χ1v) is 6.90. The van der Waals surface area contributed by atoms with E-state index in [0.717, 1.165) is 43.8 Å². The van der Waals surface area contributed by atoms with Gasteiger partial charge in [0, 0.05) is 18.1 Å². The molecule has 1 N–H and O–H groups in total. The molecule has 1 aromatic heterocycles. The molecule has 0 unspecified atom stereocenters. The van der Waals surface area contributed by atoms with Gasteiger partial charge in [-0.05, 0) is 42.5 Å². The third-order valence-corrected chi connectivity index (χ3v) is 5.38. The summed E-state index contributed by atoms with van der Waals surface area (Å²) in [6.07, 6.45) is 3.62. The average Bonchev–Trinajstić information content (AvgIpc) is 2.79. The maximum Gasteiger partial charge on any atom is 0.315 e. The minimum absolute atomic E-state index is 0.237. The van der Waals surface area contributed by atoms with Gasteiger partial charge in [0.1, 0.15) is 5.41 Å². The molecule has 2 heterocycles. The highest BCUT2D eigenvalue weighted by Gasteiger charge is 2.60. The highest BCUT2D eigenvalue weighted by molar-refractivity contribution is 7.10. The number of thiophene rings is 1. The van der Waals surface area contributed by atoms with Gasteiger partial charge in [0.2, 0.25) is 0 Å². The number of carboxylic acids is 1. The molecule has 0 radical (unpaired) electrons. The Kier molecular flexibility index (Phi) is 2.52. The van der Waals surface area contributed by atoms with Gasteiger partial charge in [-0.1, -0.05) is 6.07 Å². The van der Waals surface area contributed by atoms with E-state index in [4.69, 9.17) is 4.74 Å². The first kappa shape index (κ1) is 11.2. The summed E-state index contributed by atoms with van der Waals surface area (Å²) in [5.74, 6) is -0.655. The maximum atomic E-state index is 11.6. The molecule has 0 atom stereocenters. The van der Waals surface area contributed by atoms with Crippen molar-refractivity contribution < 1.29 is 14.6 Å². The van der Waals surface area contributed by atoms with Crippen LogP contribution in [0.5, 0.6) is 0 Å². The lowest BCUT2D eigenvalue weighted by molar-refractivity contribution is -0.160. The monoisotopic (exact) mass is 252 g/mol. The maximum absolute atomic E-state index is 11.6. The molecule has 17 heavy (non-hydrogen) atoms. The van der Waals surface area contributed by atoms with E-state index in [1.165, 1.54) is 0 Å². The number of aliphatic carboxylic acids is 1. The van der Waals surface area contributed by atoms with Crippen LogP contribution in [0.15, 0.2) is 17.5 Å². The van der Waals surface area contributed by atoms with E-state index < -0.39 is 11.4 Å². The van der Waals surface area contributed by atoms with Crippen molar-refractivity contribution in [2.24, 2.45) is 5.41 Å². The van der Waals surface area contributed by atoms with Crippen LogP contribution in [0.3, 0.4) is 0 Å². The quantitative estimate of drug-likeness (QED) is 0.880. The zero-order valence-corrected chi connectivity index (χ0v) is 10.5. The summed E-state index contributed by atoms with van der Waals surface area (Å²) in [5.41, 5.74) is -0.369. The molecular formula is C13H16O3S. The standard InChI is InChI=1S/C13H16O3S/c14-11(15)13(10-2-1-7-17-10)8-12(9-13)3-5-16-6-4-12/h1-2,7H,3-6,8-9H2,(H,14,15). The van der Waals surface area contributed by atoms with Crippen molar-refractivity contribution in [3.05, 3.63) is 22.4 Å². The van der Waals surface area contributed by atoms with Crippen LogP contribution in [-0.4, -0.2) is 24.3 Å². The Bertz CT molecular complexity index is 410. The topological polar surface area (TPSA) is 46.5 Å². The first-order valence-electron chi connectivity index (χ1n) is 6.02. The van der Waals surface area contributed by atoms with E-state index in [0.29, 0.717) is 0 Å². The van der Waals surface area contributed by atoms with Gasteiger partial charge in [-0.2, -0.15) is 0 Å². The second-order valence-corrected chi connectivity index (χ2v) is 6.28. The molecule has 1 spiro atoms. The molecule has 1 saturated heterocycles. The molecular weight excluding hydrogens is 236 g/mol. The Morgan fingerprint density at radius 2 is 2.06 bits per heavy atom. The van der Waals surface area contributed by atoms with E-state index in [1.54, 1.807) is 11.3 Å². The normalized spacial score (nSPS) is 25.4. The minimum Gasteiger partial charge on any atom is -0.481 e. The van der Waals surface area contributed by atoms with Crippen molar-refractivity contribution in [3.63, 3.8) is 0 Å².